The molecule has 0 aliphatic heterocycles. The molecule has 118 valence electrons. The molecular formula is C15H28N6. The molecule has 1 aliphatic carbocycles. The van der Waals surface area contributed by atoms with E-state index in [0.717, 1.165) is 36.1 Å². The van der Waals surface area contributed by atoms with Gasteiger partial charge in [-0.2, -0.15) is 0 Å². The first-order chi connectivity index (χ1) is 9.82. The van der Waals surface area contributed by atoms with Crippen molar-refractivity contribution in [2.75, 3.05) is 37.9 Å². The Bertz CT molecular complexity index is 493. The Morgan fingerprint density at radius 2 is 1.86 bits per heavy atom. The number of anilines is 2. The zero-order valence-corrected chi connectivity index (χ0v) is 13.8. The van der Waals surface area contributed by atoms with Crippen molar-refractivity contribution in [3.63, 3.8) is 0 Å². The first-order valence-corrected chi connectivity index (χ1v) is 7.56. The summed E-state index contributed by atoms with van der Waals surface area (Å²) >= 11 is 0. The Morgan fingerprint density at radius 3 is 2.38 bits per heavy atom. The van der Waals surface area contributed by atoms with Crippen molar-refractivity contribution < 1.29 is 0 Å². The fraction of sp³-hybridized carbons (Fsp3) is 0.733. The van der Waals surface area contributed by atoms with Crippen LogP contribution < -0.4 is 16.6 Å². The Kier molecular flexibility index (Phi) is 4.68. The van der Waals surface area contributed by atoms with E-state index in [4.69, 9.17) is 10.8 Å². The van der Waals surface area contributed by atoms with Crippen LogP contribution in [-0.2, 0) is 0 Å². The van der Waals surface area contributed by atoms with Gasteiger partial charge in [-0.25, -0.2) is 15.8 Å². The third-order valence-electron chi connectivity index (χ3n) is 3.72. The largest absolute Gasteiger partial charge is 0.369 e. The van der Waals surface area contributed by atoms with Crippen LogP contribution in [0.3, 0.4) is 0 Å². The van der Waals surface area contributed by atoms with Gasteiger partial charge in [-0.15, -0.1) is 0 Å². The lowest BCUT2D eigenvalue weighted by molar-refractivity contribution is 0.254. The van der Waals surface area contributed by atoms with E-state index < -0.39 is 0 Å². The highest BCUT2D eigenvalue weighted by atomic mass is 15.3. The number of nitrogens with two attached hydrogens (primary N) is 1. The van der Waals surface area contributed by atoms with Gasteiger partial charge in [-0.05, 0) is 39.3 Å². The number of hydrogen-bond donors (Lipinski definition) is 3. The highest BCUT2D eigenvalue weighted by Gasteiger charge is 2.28. The number of hydrazine groups is 1. The van der Waals surface area contributed by atoms with E-state index >= 15 is 0 Å². The van der Waals surface area contributed by atoms with Crippen molar-refractivity contribution in [3.8, 4) is 0 Å². The maximum Gasteiger partial charge on any atom is 0.148 e. The molecular weight excluding hydrogens is 264 g/mol. The molecule has 0 spiro atoms. The second-order valence-electron chi connectivity index (χ2n) is 7.08. The van der Waals surface area contributed by atoms with Gasteiger partial charge in [0.2, 0.25) is 0 Å². The van der Waals surface area contributed by atoms with Crippen LogP contribution >= 0.6 is 0 Å². The second kappa shape index (κ2) is 6.15. The SMILES string of the molecule is Cc1c(NN)nc(C2CC2)nc1NCC(C)(C)CN(C)C. The van der Waals surface area contributed by atoms with Crippen LogP contribution in [0.25, 0.3) is 0 Å². The summed E-state index contributed by atoms with van der Waals surface area (Å²) in [6.07, 6.45) is 2.36. The van der Waals surface area contributed by atoms with Gasteiger partial charge in [0.15, 0.2) is 0 Å². The van der Waals surface area contributed by atoms with E-state index in [-0.39, 0.29) is 5.41 Å². The third kappa shape index (κ3) is 4.28. The Labute approximate surface area is 127 Å². The summed E-state index contributed by atoms with van der Waals surface area (Å²) in [6.45, 7) is 8.37. The van der Waals surface area contributed by atoms with Gasteiger partial charge in [-0.1, -0.05) is 13.8 Å². The molecule has 0 atom stereocenters. The molecule has 6 nitrogen and oxygen atoms in total. The van der Waals surface area contributed by atoms with Crippen molar-refractivity contribution in [2.24, 2.45) is 11.3 Å². The summed E-state index contributed by atoms with van der Waals surface area (Å²) in [6, 6.07) is 0. The van der Waals surface area contributed by atoms with Gasteiger partial charge < -0.3 is 15.6 Å². The Hall–Kier alpha value is -1.40. The van der Waals surface area contributed by atoms with Crippen LogP contribution in [0.1, 0.15) is 44.0 Å². The zero-order valence-electron chi connectivity index (χ0n) is 13.8. The number of nitrogen functional groups attached to an aromatic ring is 1. The molecule has 1 heterocycles. The normalized spacial score (nSPS) is 15.4. The first kappa shape index (κ1) is 16.0. The molecule has 4 N–H and O–H groups in total. The molecule has 0 aromatic carbocycles. The summed E-state index contributed by atoms with van der Waals surface area (Å²) in [5.74, 6) is 8.61. The van der Waals surface area contributed by atoms with Gasteiger partial charge in [0.05, 0.1) is 0 Å². The minimum absolute atomic E-state index is 0.164. The Morgan fingerprint density at radius 1 is 1.24 bits per heavy atom. The molecule has 21 heavy (non-hydrogen) atoms. The van der Waals surface area contributed by atoms with Crippen LogP contribution in [0.15, 0.2) is 0 Å². The Balaban J connectivity index is 2.13. The number of aromatic nitrogens is 2. The predicted molar refractivity (Wildman–Crippen MR) is 87.4 cm³/mol. The lowest BCUT2D eigenvalue weighted by Crippen LogP contribution is -2.34. The third-order valence-corrected chi connectivity index (χ3v) is 3.72. The van der Waals surface area contributed by atoms with E-state index in [0.29, 0.717) is 5.92 Å². The van der Waals surface area contributed by atoms with Crippen molar-refractivity contribution >= 4 is 11.6 Å². The van der Waals surface area contributed by atoms with Gasteiger partial charge in [0, 0.05) is 24.6 Å². The molecule has 1 aromatic rings. The standard InChI is InChI=1S/C15H28N6/c1-10-12(17-8-15(2,3)9-21(4)5)18-14(11-6-7-11)19-13(10)20-16/h11H,6-9,16H2,1-5H3,(H2,17,18,19,20). The molecule has 6 heteroatoms. The quantitative estimate of drug-likeness (QED) is 0.526. The second-order valence-corrected chi connectivity index (χ2v) is 7.08. The molecule has 1 aromatic heterocycles. The minimum atomic E-state index is 0.164. The van der Waals surface area contributed by atoms with Gasteiger partial charge in [0.1, 0.15) is 17.5 Å². The molecule has 1 saturated carbocycles. The van der Waals surface area contributed by atoms with Gasteiger partial charge in [0.25, 0.3) is 0 Å². The van der Waals surface area contributed by atoms with E-state index in [1.807, 2.05) is 6.92 Å². The van der Waals surface area contributed by atoms with Gasteiger partial charge >= 0.3 is 0 Å². The number of rotatable bonds is 7. The average molecular weight is 292 g/mol. The summed E-state index contributed by atoms with van der Waals surface area (Å²) < 4.78 is 0. The molecule has 1 aliphatic rings. The van der Waals surface area contributed by atoms with Gasteiger partial charge in [-0.3, -0.25) is 0 Å². The van der Waals surface area contributed by atoms with Crippen LogP contribution in [0, 0.1) is 12.3 Å². The average Bonchev–Trinajstić information content (AvgIpc) is 3.20. The van der Waals surface area contributed by atoms with E-state index in [2.05, 4.69) is 48.6 Å². The minimum Gasteiger partial charge on any atom is -0.369 e. The maximum absolute atomic E-state index is 5.58. The smallest absolute Gasteiger partial charge is 0.148 e. The molecule has 2 rings (SSSR count). The van der Waals surface area contributed by atoms with Crippen LogP contribution in [0.5, 0.6) is 0 Å². The summed E-state index contributed by atoms with van der Waals surface area (Å²) in [7, 11) is 4.19. The summed E-state index contributed by atoms with van der Waals surface area (Å²) in [5.41, 5.74) is 3.83. The molecule has 1 fully saturated rings. The number of hydrogen-bond acceptors (Lipinski definition) is 6. The monoisotopic (exact) mass is 292 g/mol. The zero-order chi connectivity index (χ0) is 15.6. The molecule has 0 saturated heterocycles. The van der Waals surface area contributed by atoms with E-state index in [1.54, 1.807) is 0 Å². The first-order valence-electron chi connectivity index (χ1n) is 7.56. The van der Waals surface area contributed by atoms with Crippen molar-refractivity contribution in [1.29, 1.82) is 0 Å². The highest BCUT2D eigenvalue weighted by molar-refractivity contribution is 5.57. The van der Waals surface area contributed by atoms with Crippen LogP contribution in [0.2, 0.25) is 0 Å². The van der Waals surface area contributed by atoms with E-state index in [1.165, 1.54) is 12.8 Å². The molecule has 0 radical (unpaired) electrons. The van der Waals surface area contributed by atoms with Crippen molar-refractivity contribution in [1.82, 2.24) is 14.9 Å². The summed E-state index contributed by atoms with van der Waals surface area (Å²) in [5, 5.41) is 3.48. The van der Waals surface area contributed by atoms with Crippen LogP contribution in [0.4, 0.5) is 11.6 Å². The maximum atomic E-state index is 5.58. The fourth-order valence-corrected chi connectivity index (χ4v) is 2.61. The topological polar surface area (TPSA) is 79.1 Å². The van der Waals surface area contributed by atoms with Crippen molar-refractivity contribution in [3.05, 3.63) is 11.4 Å². The summed E-state index contributed by atoms with van der Waals surface area (Å²) in [4.78, 5) is 11.4. The molecule has 0 unspecified atom stereocenters. The number of nitrogens with zero attached hydrogens (tertiary/aromatic N) is 3. The predicted octanol–water partition coefficient (Wildman–Crippen LogP) is 1.95. The molecule has 0 bridgehead atoms. The molecule has 0 amide bonds. The van der Waals surface area contributed by atoms with Crippen LogP contribution in [-0.4, -0.2) is 42.1 Å². The highest BCUT2D eigenvalue weighted by Crippen LogP contribution is 2.39. The lowest BCUT2D eigenvalue weighted by atomic mass is 9.93. The number of nitrogens with one attached hydrogen (secondary N) is 2. The van der Waals surface area contributed by atoms with Crippen molar-refractivity contribution in [2.45, 2.75) is 39.5 Å². The van der Waals surface area contributed by atoms with E-state index in [9.17, 15) is 0 Å². The lowest BCUT2D eigenvalue weighted by Gasteiger charge is -2.29. The fourth-order valence-electron chi connectivity index (χ4n) is 2.61.